The molecule has 0 fully saturated rings. The largest absolute Gasteiger partial charge is 0.245 e. The third kappa shape index (κ3) is 2.14. The molecule has 0 unspecified atom stereocenters. The van der Waals surface area contributed by atoms with Crippen LogP contribution in [0.1, 0.15) is 26.6 Å². The zero-order valence-electron chi connectivity index (χ0n) is 11.5. The number of nitrogens with zero attached hydrogens (tertiary/aromatic N) is 4. The van der Waals surface area contributed by atoms with Crippen molar-refractivity contribution in [2.45, 2.75) is 33.2 Å². The zero-order chi connectivity index (χ0) is 13.6. The smallest absolute Gasteiger partial charge is 0.158 e. The molecule has 19 heavy (non-hydrogen) atoms. The highest BCUT2D eigenvalue weighted by Crippen LogP contribution is 2.28. The topological polar surface area (TPSA) is 43.6 Å². The van der Waals surface area contributed by atoms with E-state index in [4.69, 9.17) is 0 Å². The predicted molar refractivity (Wildman–Crippen MR) is 78.4 cm³/mol. The van der Waals surface area contributed by atoms with E-state index in [-0.39, 0.29) is 5.54 Å². The molecule has 0 radical (unpaired) electrons. The first-order valence-electron chi connectivity index (χ1n) is 6.23. The fraction of sp³-hybridized carbons (Fsp3) is 0.357. The minimum Gasteiger partial charge on any atom is -0.245 e. The van der Waals surface area contributed by atoms with Gasteiger partial charge in [0, 0.05) is 5.56 Å². The summed E-state index contributed by atoms with van der Waals surface area (Å²) in [5.41, 5.74) is 3.91. The SMILES string of the molecule is Cc1nc(-c2ccc3ncsc3c2)n(C(C)(C)C)n1. The fourth-order valence-corrected chi connectivity index (χ4v) is 2.78. The lowest BCUT2D eigenvalue weighted by molar-refractivity contribution is 0.358. The fourth-order valence-electron chi connectivity index (χ4n) is 2.06. The first kappa shape index (κ1) is 12.3. The average molecular weight is 272 g/mol. The number of aromatic nitrogens is 4. The van der Waals surface area contributed by atoms with Gasteiger partial charge in [-0.15, -0.1) is 11.3 Å². The van der Waals surface area contributed by atoms with Crippen LogP contribution in [0.15, 0.2) is 23.7 Å². The van der Waals surface area contributed by atoms with Crippen molar-refractivity contribution in [3.8, 4) is 11.4 Å². The molecule has 0 aliphatic heterocycles. The second-order valence-electron chi connectivity index (χ2n) is 5.60. The predicted octanol–water partition coefficient (Wildman–Crippen LogP) is 3.62. The maximum Gasteiger partial charge on any atom is 0.158 e. The van der Waals surface area contributed by atoms with Gasteiger partial charge in [0.25, 0.3) is 0 Å². The van der Waals surface area contributed by atoms with Crippen LogP contribution < -0.4 is 0 Å². The van der Waals surface area contributed by atoms with Crippen LogP contribution in [0.3, 0.4) is 0 Å². The van der Waals surface area contributed by atoms with E-state index in [1.165, 1.54) is 4.70 Å². The standard InChI is InChI=1S/C14H16N4S/c1-9-16-13(18(17-9)14(2,3)4)10-5-6-11-12(7-10)19-8-15-11/h5-8H,1-4H3. The summed E-state index contributed by atoms with van der Waals surface area (Å²) in [6, 6.07) is 6.24. The van der Waals surface area contributed by atoms with Crippen LogP contribution in [-0.2, 0) is 5.54 Å². The van der Waals surface area contributed by atoms with Crippen molar-refractivity contribution in [2.75, 3.05) is 0 Å². The average Bonchev–Trinajstić information content (AvgIpc) is 2.92. The summed E-state index contributed by atoms with van der Waals surface area (Å²) < 4.78 is 3.17. The van der Waals surface area contributed by atoms with E-state index in [9.17, 15) is 0 Å². The molecular formula is C14H16N4S. The third-order valence-electron chi connectivity index (χ3n) is 2.94. The van der Waals surface area contributed by atoms with Crippen LogP contribution in [0.4, 0.5) is 0 Å². The molecule has 0 saturated heterocycles. The van der Waals surface area contributed by atoms with Gasteiger partial charge in [0.15, 0.2) is 5.82 Å². The monoisotopic (exact) mass is 272 g/mol. The molecule has 0 aliphatic carbocycles. The maximum atomic E-state index is 4.57. The highest BCUT2D eigenvalue weighted by atomic mass is 32.1. The van der Waals surface area contributed by atoms with Crippen molar-refractivity contribution in [2.24, 2.45) is 0 Å². The molecular weight excluding hydrogens is 256 g/mol. The molecule has 3 aromatic rings. The Morgan fingerprint density at radius 1 is 1.21 bits per heavy atom. The molecule has 4 nitrogen and oxygen atoms in total. The van der Waals surface area contributed by atoms with Crippen LogP contribution in [0.5, 0.6) is 0 Å². The summed E-state index contributed by atoms with van der Waals surface area (Å²) in [7, 11) is 0. The molecule has 1 aromatic carbocycles. The van der Waals surface area contributed by atoms with E-state index >= 15 is 0 Å². The number of hydrogen-bond acceptors (Lipinski definition) is 4. The van der Waals surface area contributed by atoms with Gasteiger partial charge in [0.1, 0.15) is 5.82 Å². The molecule has 0 aliphatic rings. The second-order valence-corrected chi connectivity index (χ2v) is 6.49. The van der Waals surface area contributed by atoms with Crippen LogP contribution in [0, 0.1) is 6.92 Å². The van der Waals surface area contributed by atoms with Crippen LogP contribution in [0.25, 0.3) is 21.6 Å². The summed E-state index contributed by atoms with van der Waals surface area (Å²) in [5.74, 6) is 1.72. The maximum absolute atomic E-state index is 4.57. The number of hydrogen-bond donors (Lipinski definition) is 0. The minimum absolute atomic E-state index is 0.0841. The minimum atomic E-state index is -0.0841. The molecule has 0 saturated carbocycles. The Bertz CT molecular complexity index is 733. The molecule has 0 amide bonds. The normalized spacial score (nSPS) is 12.2. The van der Waals surface area contributed by atoms with Gasteiger partial charge in [0.2, 0.25) is 0 Å². The Morgan fingerprint density at radius 3 is 2.74 bits per heavy atom. The molecule has 98 valence electrons. The van der Waals surface area contributed by atoms with Gasteiger partial charge in [-0.3, -0.25) is 0 Å². The molecule has 3 rings (SSSR count). The first-order chi connectivity index (χ1) is 8.95. The molecule has 0 atom stereocenters. The lowest BCUT2D eigenvalue weighted by Crippen LogP contribution is -2.24. The molecule has 0 spiro atoms. The lowest BCUT2D eigenvalue weighted by Gasteiger charge is -2.21. The number of aryl methyl sites for hydroxylation is 1. The van der Waals surface area contributed by atoms with Gasteiger partial charge < -0.3 is 0 Å². The van der Waals surface area contributed by atoms with Crippen LogP contribution in [0.2, 0.25) is 0 Å². The van der Waals surface area contributed by atoms with Crippen LogP contribution in [-0.4, -0.2) is 19.7 Å². The van der Waals surface area contributed by atoms with Gasteiger partial charge >= 0.3 is 0 Å². The number of thiazole rings is 1. The van der Waals surface area contributed by atoms with E-state index in [0.717, 1.165) is 22.7 Å². The van der Waals surface area contributed by atoms with E-state index in [0.29, 0.717) is 0 Å². The number of fused-ring (bicyclic) bond motifs is 1. The van der Waals surface area contributed by atoms with Gasteiger partial charge in [-0.2, -0.15) is 5.10 Å². The summed E-state index contributed by atoms with van der Waals surface area (Å²) in [5, 5.41) is 4.52. The van der Waals surface area contributed by atoms with Gasteiger partial charge in [-0.1, -0.05) is 0 Å². The Kier molecular flexibility index (Phi) is 2.67. The lowest BCUT2D eigenvalue weighted by atomic mass is 10.1. The molecule has 5 heteroatoms. The van der Waals surface area contributed by atoms with E-state index < -0.39 is 0 Å². The molecule has 0 N–H and O–H groups in total. The number of benzene rings is 1. The van der Waals surface area contributed by atoms with Crippen molar-refractivity contribution >= 4 is 21.6 Å². The molecule has 0 bridgehead atoms. The Balaban J connectivity index is 2.20. The highest BCUT2D eigenvalue weighted by molar-refractivity contribution is 7.16. The van der Waals surface area contributed by atoms with Crippen molar-refractivity contribution in [3.63, 3.8) is 0 Å². The Morgan fingerprint density at radius 2 is 2.00 bits per heavy atom. The van der Waals surface area contributed by atoms with Crippen molar-refractivity contribution < 1.29 is 0 Å². The van der Waals surface area contributed by atoms with E-state index in [2.05, 4.69) is 48.0 Å². The third-order valence-corrected chi connectivity index (χ3v) is 3.73. The first-order valence-corrected chi connectivity index (χ1v) is 7.11. The quantitative estimate of drug-likeness (QED) is 0.679. The summed E-state index contributed by atoms with van der Waals surface area (Å²) in [6.07, 6.45) is 0. The van der Waals surface area contributed by atoms with Crippen molar-refractivity contribution in [1.82, 2.24) is 19.7 Å². The van der Waals surface area contributed by atoms with Crippen molar-refractivity contribution in [3.05, 3.63) is 29.5 Å². The molecule has 2 heterocycles. The van der Waals surface area contributed by atoms with E-state index in [1.54, 1.807) is 11.3 Å². The summed E-state index contributed by atoms with van der Waals surface area (Å²) in [4.78, 5) is 8.88. The van der Waals surface area contributed by atoms with Crippen LogP contribution >= 0.6 is 11.3 Å². The van der Waals surface area contributed by atoms with Gasteiger partial charge in [0.05, 0.1) is 21.3 Å². The zero-order valence-corrected chi connectivity index (χ0v) is 12.3. The van der Waals surface area contributed by atoms with E-state index in [1.807, 2.05) is 23.2 Å². The molecule has 2 aromatic heterocycles. The number of rotatable bonds is 1. The second kappa shape index (κ2) is 4.13. The van der Waals surface area contributed by atoms with Crippen molar-refractivity contribution in [1.29, 1.82) is 0 Å². The Labute approximate surface area is 116 Å². The Hall–Kier alpha value is -1.75. The summed E-state index contributed by atoms with van der Waals surface area (Å²) in [6.45, 7) is 8.33. The van der Waals surface area contributed by atoms with Gasteiger partial charge in [-0.05, 0) is 45.9 Å². The van der Waals surface area contributed by atoms with Gasteiger partial charge in [-0.25, -0.2) is 14.6 Å². The highest BCUT2D eigenvalue weighted by Gasteiger charge is 2.21. The summed E-state index contributed by atoms with van der Waals surface area (Å²) >= 11 is 1.65.